The third kappa shape index (κ3) is 4.03. The van der Waals surface area contributed by atoms with Crippen LogP contribution in [0.4, 0.5) is 0 Å². The highest BCUT2D eigenvalue weighted by molar-refractivity contribution is 7.92. The molecule has 0 spiro atoms. The summed E-state index contributed by atoms with van der Waals surface area (Å²) in [6, 6.07) is 0. The number of nitrogens with two attached hydrogens (primary N) is 1. The molecule has 0 rings (SSSR count). The van der Waals surface area contributed by atoms with Gasteiger partial charge in [-0.2, -0.15) is 4.31 Å². The number of ether oxygens (including phenoxy) is 1. The fourth-order valence-corrected chi connectivity index (χ4v) is 2.38. The summed E-state index contributed by atoms with van der Waals surface area (Å²) in [5.41, 5.74) is 5.26. The van der Waals surface area contributed by atoms with Crippen molar-refractivity contribution in [1.82, 2.24) is 4.31 Å². The van der Waals surface area contributed by atoms with Crippen LogP contribution in [0.5, 0.6) is 0 Å². The molecule has 0 saturated heterocycles. The second kappa shape index (κ2) is 6.12. The van der Waals surface area contributed by atoms with Gasteiger partial charge in [0.2, 0.25) is 10.0 Å². The molecule has 1 unspecified atom stereocenters. The molecule has 0 aliphatic rings. The molecule has 0 fully saturated rings. The minimum Gasteiger partial charge on any atom is -0.465 e. The predicted octanol–water partition coefficient (Wildman–Crippen LogP) is -0.514. The Morgan fingerprint density at radius 3 is 2.44 bits per heavy atom. The molecule has 94 valence electrons. The second-order valence-electron chi connectivity index (χ2n) is 3.15. The number of hydrogen-bond acceptors (Lipinski definition) is 5. The van der Waals surface area contributed by atoms with Crippen molar-refractivity contribution >= 4 is 33.2 Å². The van der Waals surface area contributed by atoms with Gasteiger partial charge in [-0.05, 0) is 13.8 Å². The molecular formula is C8H16N2O4S2. The summed E-state index contributed by atoms with van der Waals surface area (Å²) in [6.07, 6.45) is 0. The number of carbonyl (C=O) groups is 1. The van der Waals surface area contributed by atoms with E-state index in [-0.39, 0.29) is 18.1 Å². The van der Waals surface area contributed by atoms with Crippen LogP contribution in [0.15, 0.2) is 0 Å². The molecule has 6 nitrogen and oxygen atoms in total. The van der Waals surface area contributed by atoms with Crippen LogP contribution < -0.4 is 5.73 Å². The van der Waals surface area contributed by atoms with Crippen molar-refractivity contribution in [2.45, 2.75) is 19.1 Å². The van der Waals surface area contributed by atoms with Crippen molar-refractivity contribution in [1.29, 1.82) is 0 Å². The molecule has 0 heterocycles. The minimum atomic E-state index is -3.69. The number of hydrogen-bond donors (Lipinski definition) is 1. The number of rotatable bonds is 6. The summed E-state index contributed by atoms with van der Waals surface area (Å²) in [6.45, 7) is 2.88. The van der Waals surface area contributed by atoms with Crippen molar-refractivity contribution in [2.24, 2.45) is 5.73 Å². The van der Waals surface area contributed by atoms with Crippen LogP contribution in [0.2, 0.25) is 0 Å². The first kappa shape index (κ1) is 15.3. The van der Waals surface area contributed by atoms with Gasteiger partial charge in [0, 0.05) is 7.05 Å². The number of thiocarbonyl (C=S) groups is 1. The van der Waals surface area contributed by atoms with Crippen LogP contribution >= 0.6 is 12.2 Å². The number of likely N-dealkylation sites (N-methyl/N-ethyl adjacent to an activating group) is 1. The highest BCUT2D eigenvalue weighted by atomic mass is 32.2. The van der Waals surface area contributed by atoms with E-state index in [4.69, 9.17) is 5.73 Å². The van der Waals surface area contributed by atoms with Crippen LogP contribution in [0.3, 0.4) is 0 Å². The number of nitrogens with zero attached hydrogens (tertiary/aromatic N) is 1. The van der Waals surface area contributed by atoms with Crippen molar-refractivity contribution in [3.63, 3.8) is 0 Å². The molecule has 0 amide bonds. The molecular weight excluding hydrogens is 252 g/mol. The zero-order valence-electron chi connectivity index (χ0n) is 9.47. The molecule has 1 atom stereocenters. The van der Waals surface area contributed by atoms with Crippen molar-refractivity contribution < 1.29 is 17.9 Å². The van der Waals surface area contributed by atoms with Crippen LogP contribution in [0.1, 0.15) is 13.8 Å². The smallest absolute Gasteiger partial charge is 0.321 e. The normalized spacial score (nSPS) is 13.5. The molecule has 0 aromatic carbocycles. The average Bonchev–Trinajstić information content (AvgIpc) is 2.16. The van der Waals surface area contributed by atoms with Gasteiger partial charge in [0.25, 0.3) is 0 Å². The molecule has 0 aliphatic heterocycles. The van der Waals surface area contributed by atoms with Crippen molar-refractivity contribution in [3.05, 3.63) is 0 Å². The summed E-state index contributed by atoms with van der Waals surface area (Å²) in [4.78, 5) is 11.0. The summed E-state index contributed by atoms with van der Waals surface area (Å²) in [7, 11) is -2.41. The van der Waals surface area contributed by atoms with Crippen LogP contribution in [0, 0.1) is 0 Å². The maximum absolute atomic E-state index is 11.8. The maximum atomic E-state index is 11.8. The Bertz CT molecular complexity index is 366. The van der Waals surface area contributed by atoms with Gasteiger partial charge in [-0.1, -0.05) is 12.2 Å². The van der Waals surface area contributed by atoms with Gasteiger partial charge in [0.15, 0.2) is 0 Å². The SMILES string of the molecule is CCOC(=O)CN(C)S(=O)(=O)C(C)C(N)=S. The average molecular weight is 268 g/mol. The lowest BCUT2D eigenvalue weighted by Gasteiger charge is -2.20. The Morgan fingerprint density at radius 2 is 2.06 bits per heavy atom. The second-order valence-corrected chi connectivity index (χ2v) is 5.98. The molecule has 0 aromatic rings. The first-order valence-electron chi connectivity index (χ1n) is 4.63. The zero-order chi connectivity index (χ0) is 12.9. The monoisotopic (exact) mass is 268 g/mol. The Balaban J connectivity index is 4.65. The van der Waals surface area contributed by atoms with Crippen molar-refractivity contribution in [3.8, 4) is 0 Å². The summed E-state index contributed by atoms with van der Waals surface area (Å²) in [5, 5.41) is -0.998. The maximum Gasteiger partial charge on any atom is 0.321 e. The molecule has 0 aliphatic carbocycles. The van der Waals surface area contributed by atoms with E-state index in [0.717, 1.165) is 4.31 Å². The van der Waals surface area contributed by atoms with E-state index in [0.29, 0.717) is 0 Å². The molecule has 0 radical (unpaired) electrons. The van der Waals surface area contributed by atoms with Crippen LogP contribution in [-0.2, 0) is 19.6 Å². The highest BCUT2D eigenvalue weighted by Gasteiger charge is 2.29. The summed E-state index contributed by atoms with van der Waals surface area (Å²) in [5.74, 6) is -0.608. The van der Waals surface area contributed by atoms with Crippen LogP contribution in [0.25, 0.3) is 0 Å². The van der Waals surface area contributed by atoms with Gasteiger partial charge >= 0.3 is 5.97 Å². The highest BCUT2D eigenvalue weighted by Crippen LogP contribution is 2.07. The first-order chi connectivity index (χ1) is 7.23. The topological polar surface area (TPSA) is 89.7 Å². The predicted molar refractivity (Wildman–Crippen MR) is 64.4 cm³/mol. The summed E-state index contributed by atoms with van der Waals surface area (Å²) >= 11 is 4.61. The largest absolute Gasteiger partial charge is 0.465 e. The fourth-order valence-electron chi connectivity index (χ4n) is 0.895. The van der Waals surface area contributed by atoms with Gasteiger partial charge in [-0.15, -0.1) is 0 Å². The molecule has 0 bridgehead atoms. The van der Waals surface area contributed by atoms with Gasteiger partial charge < -0.3 is 10.5 Å². The van der Waals surface area contributed by atoms with E-state index < -0.39 is 21.2 Å². The Hall–Kier alpha value is -0.730. The van der Waals surface area contributed by atoms with E-state index in [2.05, 4.69) is 17.0 Å². The van der Waals surface area contributed by atoms with E-state index in [1.54, 1.807) is 6.92 Å². The molecule has 8 heteroatoms. The Labute approximate surface area is 101 Å². The minimum absolute atomic E-state index is 0.129. The standard InChI is InChI=1S/C8H16N2O4S2/c1-4-14-7(11)5-10(3)16(12,13)6(2)8(9)15/h6H,4-5H2,1-3H3,(H2,9,15). The fraction of sp³-hybridized carbons (Fsp3) is 0.750. The lowest BCUT2D eigenvalue weighted by Crippen LogP contribution is -2.43. The molecule has 0 aromatic heterocycles. The Kier molecular flexibility index (Phi) is 5.84. The van der Waals surface area contributed by atoms with E-state index in [1.165, 1.54) is 14.0 Å². The van der Waals surface area contributed by atoms with Gasteiger partial charge in [-0.3, -0.25) is 4.79 Å². The Morgan fingerprint density at radius 1 is 1.56 bits per heavy atom. The van der Waals surface area contributed by atoms with Crippen molar-refractivity contribution in [2.75, 3.05) is 20.2 Å². The quantitative estimate of drug-likeness (QED) is 0.515. The number of esters is 1. The number of sulfonamides is 1. The lowest BCUT2D eigenvalue weighted by molar-refractivity contribution is -0.143. The lowest BCUT2D eigenvalue weighted by atomic mass is 10.5. The first-order valence-corrected chi connectivity index (χ1v) is 6.54. The zero-order valence-corrected chi connectivity index (χ0v) is 11.1. The summed E-state index contributed by atoms with van der Waals surface area (Å²) < 4.78 is 29.0. The van der Waals surface area contributed by atoms with E-state index >= 15 is 0 Å². The van der Waals surface area contributed by atoms with Gasteiger partial charge in [-0.25, -0.2) is 8.42 Å². The molecule has 16 heavy (non-hydrogen) atoms. The molecule has 0 saturated carbocycles. The third-order valence-electron chi connectivity index (χ3n) is 1.94. The van der Waals surface area contributed by atoms with Gasteiger partial charge in [0.1, 0.15) is 11.8 Å². The number of carbonyl (C=O) groups excluding carboxylic acids is 1. The molecule has 2 N–H and O–H groups in total. The third-order valence-corrected chi connectivity index (χ3v) is 4.59. The van der Waals surface area contributed by atoms with E-state index in [1.807, 2.05) is 0 Å². The van der Waals surface area contributed by atoms with Gasteiger partial charge in [0.05, 0.1) is 11.6 Å². The van der Waals surface area contributed by atoms with E-state index in [9.17, 15) is 13.2 Å². The van der Waals surface area contributed by atoms with Crippen LogP contribution in [-0.4, -0.2) is 49.1 Å².